The maximum atomic E-state index is 12.7. The Kier molecular flexibility index (Phi) is 3.08. The van der Waals surface area contributed by atoms with Gasteiger partial charge in [-0.25, -0.2) is 0 Å². The Bertz CT molecular complexity index is 984. The second-order valence-corrected chi connectivity index (χ2v) is 5.92. The topological polar surface area (TPSA) is 31.2 Å². The fourth-order valence-corrected chi connectivity index (χ4v) is 3.22. The highest BCUT2D eigenvalue weighted by atomic mass is 16.5. The molecule has 1 aromatic heterocycles. The van der Waals surface area contributed by atoms with Crippen LogP contribution in [-0.4, -0.2) is 4.57 Å². The van der Waals surface area contributed by atoms with E-state index >= 15 is 0 Å². The van der Waals surface area contributed by atoms with Crippen LogP contribution in [0.3, 0.4) is 0 Å². The van der Waals surface area contributed by atoms with Crippen LogP contribution in [0, 0.1) is 0 Å². The Hall–Kier alpha value is -2.81. The van der Waals surface area contributed by atoms with E-state index in [1.165, 1.54) is 0 Å². The molecule has 0 fully saturated rings. The summed E-state index contributed by atoms with van der Waals surface area (Å²) in [5.74, 6) is 0.683. The van der Waals surface area contributed by atoms with Gasteiger partial charge in [-0.05, 0) is 36.3 Å². The lowest BCUT2D eigenvalue weighted by Gasteiger charge is -2.27. The van der Waals surface area contributed by atoms with E-state index in [1.807, 2.05) is 55.5 Å². The Morgan fingerprint density at radius 1 is 1.00 bits per heavy atom. The molecule has 114 valence electrons. The number of hydrogen-bond donors (Lipinski definition) is 0. The first-order valence-electron chi connectivity index (χ1n) is 7.68. The van der Waals surface area contributed by atoms with Gasteiger partial charge in [0.05, 0.1) is 11.1 Å². The van der Waals surface area contributed by atoms with E-state index in [2.05, 4.69) is 12.1 Å². The Labute approximate surface area is 134 Å². The molecule has 23 heavy (non-hydrogen) atoms. The molecule has 0 saturated carbocycles. The van der Waals surface area contributed by atoms with Crippen LogP contribution in [0.4, 0.5) is 0 Å². The quantitative estimate of drug-likeness (QED) is 0.678. The van der Waals surface area contributed by atoms with E-state index < -0.39 is 0 Å². The van der Waals surface area contributed by atoms with Crippen molar-refractivity contribution in [3.63, 3.8) is 0 Å². The summed E-state index contributed by atoms with van der Waals surface area (Å²) in [5.41, 5.74) is 3.63. The SMILES string of the molecule is CC1=Cc2c(c3ccccc3n(C)c2=O)OC1c1ccccc1. The maximum absolute atomic E-state index is 12.7. The number of benzene rings is 2. The van der Waals surface area contributed by atoms with Crippen LogP contribution in [0.25, 0.3) is 17.0 Å². The average molecular weight is 303 g/mol. The summed E-state index contributed by atoms with van der Waals surface area (Å²) < 4.78 is 7.98. The molecule has 0 aliphatic carbocycles. The van der Waals surface area contributed by atoms with Gasteiger partial charge in [0.15, 0.2) is 0 Å². The summed E-state index contributed by atoms with van der Waals surface area (Å²) in [5, 5.41) is 0.967. The van der Waals surface area contributed by atoms with Crippen LogP contribution in [0.2, 0.25) is 0 Å². The summed E-state index contributed by atoms with van der Waals surface area (Å²) in [6.07, 6.45) is 1.81. The molecule has 2 heterocycles. The third-order valence-corrected chi connectivity index (χ3v) is 4.41. The molecule has 1 unspecified atom stereocenters. The third-order valence-electron chi connectivity index (χ3n) is 4.41. The highest BCUT2D eigenvalue weighted by Crippen LogP contribution is 2.39. The van der Waals surface area contributed by atoms with Gasteiger partial charge in [-0.1, -0.05) is 42.5 Å². The number of fused-ring (bicyclic) bond motifs is 3. The number of rotatable bonds is 1. The van der Waals surface area contributed by atoms with Gasteiger partial charge >= 0.3 is 0 Å². The molecule has 3 nitrogen and oxygen atoms in total. The first kappa shape index (κ1) is 13.8. The first-order chi connectivity index (χ1) is 11.2. The Morgan fingerprint density at radius 2 is 1.70 bits per heavy atom. The molecule has 3 heteroatoms. The number of para-hydroxylation sites is 1. The molecule has 0 N–H and O–H groups in total. The van der Waals surface area contributed by atoms with Gasteiger partial charge in [-0.2, -0.15) is 0 Å². The van der Waals surface area contributed by atoms with Crippen molar-refractivity contribution in [3.05, 3.63) is 81.7 Å². The lowest BCUT2D eigenvalue weighted by Crippen LogP contribution is -2.24. The van der Waals surface area contributed by atoms with Crippen LogP contribution < -0.4 is 10.3 Å². The Morgan fingerprint density at radius 3 is 2.48 bits per heavy atom. The number of ether oxygens (including phenoxy) is 1. The summed E-state index contributed by atoms with van der Waals surface area (Å²) in [7, 11) is 1.80. The highest BCUT2D eigenvalue weighted by Gasteiger charge is 2.26. The molecule has 0 amide bonds. The number of hydrogen-bond acceptors (Lipinski definition) is 2. The van der Waals surface area contributed by atoms with Crippen LogP contribution in [0.15, 0.2) is 65.0 Å². The van der Waals surface area contributed by atoms with Gasteiger partial charge in [0.25, 0.3) is 5.56 Å². The van der Waals surface area contributed by atoms with Gasteiger partial charge in [0.2, 0.25) is 0 Å². The smallest absolute Gasteiger partial charge is 0.261 e. The van der Waals surface area contributed by atoms with E-state index in [0.29, 0.717) is 11.3 Å². The minimum Gasteiger partial charge on any atom is -0.480 e. The van der Waals surface area contributed by atoms with Crippen molar-refractivity contribution in [1.82, 2.24) is 4.57 Å². The molecule has 1 atom stereocenters. The molecule has 0 saturated heterocycles. The molecular weight excluding hydrogens is 286 g/mol. The molecule has 0 bridgehead atoms. The number of nitrogens with zero attached hydrogens (tertiary/aromatic N) is 1. The van der Waals surface area contributed by atoms with Crippen molar-refractivity contribution in [3.8, 4) is 5.75 Å². The monoisotopic (exact) mass is 303 g/mol. The van der Waals surface area contributed by atoms with Crippen molar-refractivity contribution in [2.75, 3.05) is 0 Å². The molecule has 1 aliphatic rings. The number of aromatic nitrogens is 1. The normalized spacial score (nSPS) is 16.6. The fraction of sp³-hybridized carbons (Fsp3) is 0.150. The predicted molar refractivity (Wildman–Crippen MR) is 92.7 cm³/mol. The minimum absolute atomic E-state index is 0.0236. The van der Waals surface area contributed by atoms with E-state index in [9.17, 15) is 4.79 Å². The van der Waals surface area contributed by atoms with Crippen molar-refractivity contribution < 1.29 is 4.74 Å². The summed E-state index contributed by atoms with van der Waals surface area (Å²) in [6, 6.07) is 18.0. The zero-order valence-electron chi connectivity index (χ0n) is 13.1. The van der Waals surface area contributed by atoms with Gasteiger partial charge in [-0.15, -0.1) is 0 Å². The first-order valence-corrected chi connectivity index (χ1v) is 7.68. The molecule has 0 spiro atoms. The van der Waals surface area contributed by atoms with Crippen molar-refractivity contribution in [2.24, 2.45) is 7.05 Å². The zero-order valence-corrected chi connectivity index (χ0v) is 13.1. The molecule has 0 radical (unpaired) electrons. The highest BCUT2D eigenvalue weighted by molar-refractivity contribution is 5.90. The van der Waals surface area contributed by atoms with Crippen LogP contribution >= 0.6 is 0 Å². The van der Waals surface area contributed by atoms with Crippen molar-refractivity contribution in [2.45, 2.75) is 13.0 Å². The molecule has 4 rings (SSSR count). The van der Waals surface area contributed by atoms with Gasteiger partial charge in [0.1, 0.15) is 11.9 Å². The maximum Gasteiger partial charge on any atom is 0.261 e. The molecular formula is C20H17NO2. The summed E-state index contributed by atoms with van der Waals surface area (Å²) >= 11 is 0. The second-order valence-electron chi connectivity index (χ2n) is 5.92. The number of pyridine rings is 1. The van der Waals surface area contributed by atoms with E-state index in [-0.39, 0.29) is 11.7 Å². The predicted octanol–water partition coefficient (Wildman–Crippen LogP) is 4.08. The van der Waals surface area contributed by atoms with E-state index in [0.717, 1.165) is 22.0 Å². The molecule has 3 aromatic rings. The van der Waals surface area contributed by atoms with E-state index in [1.54, 1.807) is 11.6 Å². The van der Waals surface area contributed by atoms with Gasteiger partial charge in [-0.3, -0.25) is 4.79 Å². The van der Waals surface area contributed by atoms with Crippen molar-refractivity contribution in [1.29, 1.82) is 0 Å². The second kappa shape index (κ2) is 5.13. The van der Waals surface area contributed by atoms with Gasteiger partial charge in [0, 0.05) is 12.4 Å². The van der Waals surface area contributed by atoms with Crippen LogP contribution in [0.5, 0.6) is 5.75 Å². The average Bonchev–Trinajstić information content (AvgIpc) is 2.60. The largest absolute Gasteiger partial charge is 0.480 e. The minimum atomic E-state index is -0.154. The fourth-order valence-electron chi connectivity index (χ4n) is 3.22. The van der Waals surface area contributed by atoms with Crippen molar-refractivity contribution >= 4 is 17.0 Å². The van der Waals surface area contributed by atoms with Crippen LogP contribution in [0.1, 0.15) is 24.2 Å². The summed E-state index contributed by atoms with van der Waals surface area (Å²) in [4.78, 5) is 12.7. The number of aryl methyl sites for hydroxylation is 1. The third kappa shape index (κ3) is 2.08. The van der Waals surface area contributed by atoms with Gasteiger partial charge < -0.3 is 9.30 Å². The van der Waals surface area contributed by atoms with Crippen LogP contribution in [-0.2, 0) is 7.05 Å². The molecule has 2 aromatic carbocycles. The lowest BCUT2D eigenvalue weighted by atomic mass is 9.97. The van der Waals surface area contributed by atoms with E-state index in [4.69, 9.17) is 4.74 Å². The Balaban J connectivity index is 1.99. The zero-order chi connectivity index (χ0) is 16.0. The summed E-state index contributed by atoms with van der Waals surface area (Å²) in [6.45, 7) is 2.01. The standard InChI is InChI=1S/C20H17NO2/c1-13-12-16-19(23-18(13)14-8-4-3-5-9-14)15-10-6-7-11-17(15)21(2)20(16)22/h3-12,18H,1-2H3. The molecule has 1 aliphatic heterocycles. The lowest BCUT2D eigenvalue weighted by molar-refractivity contribution is 0.241.